The Bertz CT molecular complexity index is 439. The molecule has 17 heavy (non-hydrogen) atoms. The molecule has 0 aliphatic rings. The van der Waals surface area contributed by atoms with Crippen molar-refractivity contribution in [3.05, 3.63) is 23.2 Å². The summed E-state index contributed by atoms with van der Waals surface area (Å²) in [7, 11) is 0. The molecule has 0 fully saturated rings. The first kappa shape index (κ1) is 13.6. The van der Waals surface area contributed by atoms with Crippen LogP contribution in [0.25, 0.3) is 0 Å². The summed E-state index contributed by atoms with van der Waals surface area (Å²) in [6.07, 6.45) is -4.08. The van der Waals surface area contributed by atoms with Crippen LogP contribution in [0.1, 0.15) is 0 Å². The quantitative estimate of drug-likeness (QED) is 0.655. The maximum Gasteiger partial charge on any atom is 0.383 e. The van der Waals surface area contributed by atoms with Gasteiger partial charge in [-0.2, -0.15) is 8.78 Å². The molecule has 0 aliphatic carbocycles. The second-order valence-electron chi connectivity index (χ2n) is 3.11. The molecule has 0 spiro atoms. The number of hydrogen-bond acceptors (Lipinski definition) is 2. The largest absolute Gasteiger partial charge is 0.397 e. The van der Waals surface area contributed by atoms with Gasteiger partial charge in [-0.1, -0.05) is 11.6 Å². The zero-order valence-corrected chi connectivity index (χ0v) is 8.94. The predicted molar refractivity (Wildman–Crippen MR) is 55.4 cm³/mol. The van der Waals surface area contributed by atoms with Crippen LogP contribution in [0.3, 0.4) is 0 Å². The van der Waals surface area contributed by atoms with Crippen molar-refractivity contribution >= 4 is 28.9 Å². The molecule has 0 bridgehead atoms. The van der Waals surface area contributed by atoms with Crippen molar-refractivity contribution in [1.29, 1.82) is 0 Å². The summed E-state index contributed by atoms with van der Waals surface area (Å²) < 4.78 is 48.9. The first-order valence-electron chi connectivity index (χ1n) is 4.27. The van der Waals surface area contributed by atoms with Gasteiger partial charge in [-0.25, -0.2) is 8.78 Å². The summed E-state index contributed by atoms with van der Waals surface area (Å²) in [5.74, 6) is -6.86. The Morgan fingerprint density at radius 2 is 2.00 bits per heavy atom. The Hall–Kier alpha value is -1.50. The van der Waals surface area contributed by atoms with Crippen LogP contribution in [0.4, 0.5) is 28.9 Å². The van der Waals surface area contributed by atoms with E-state index < -0.39 is 18.3 Å². The van der Waals surface area contributed by atoms with Crippen LogP contribution in [0.5, 0.6) is 0 Å². The summed E-state index contributed by atoms with van der Waals surface area (Å²) in [6, 6.07) is 3.49. The predicted octanol–water partition coefficient (Wildman–Crippen LogP) is 2.76. The highest BCUT2D eigenvalue weighted by Gasteiger charge is 2.48. The molecular formula is C9H7ClF4N2O. The van der Waals surface area contributed by atoms with Gasteiger partial charge < -0.3 is 11.1 Å². The molecular weight excluding hydrogens is 264 g/mol. The molecule has 94 valence electrons. The second-order valence-corrected chi connectivity index (χ2v) is 3.52. The second kappa shape index (κ2) is 4.79. The third-order valence-electron chi connectivity index (χ3n) is 1.83. The highest BCUT2D eigenvalue weighted by molar-refractivity contribution is 6.33. The van der Waals surface area contributed by atoms with E-state index in [1.54, 1.807) is 5.32 Å². The molecule has 1 rings (SSSR count). The molecule has 0 aliphatic heterocycles. The van der Waals surface area contributed by atoms with Crippen molar-refractivity contribution in [2.24, 2.45) is 0 Å². The smallest absolute Gasteiger partial charge is 0.383 e. The van der Waals surface area contributed by atoms with Crippen molar-refractivity contribution in [3.8, 4) is 0 Å². The normalized spacial score (nSPS) is 11.6. The number of anilines is 2. The van der Waals surface area contributed by atoms with E-state index in [2.05, 4.69) is 0 Å². The number of carbonyl (C=O) groups is 1. The van der Waals surface area contributed by atoms with Gasteiger partial charge in [-0.05, 0) is 18.2 Å². The summed E-state index contributed by atoms with van der Waals surface area (Å²) in [5, 5.41) is 1.78. The minimum absolute atomic E-state index is 0.0322. The number of benzene rings is 1. The fraction of sp³-hybridized carbons (Fsp3) is 0.222. The number of alkyl halides is 4. The Kier molecular flexibility index (Phi) is 3.82. The fourth-order valence-electron chi connectivity index (χ4n) is 0.935. The number of nitrogens with one attached hydrogen (secondary N) is 1. The van der Waals surface area contributed by atoms with Gasteiger partial charge in [-0.15, -0.1) is 0 Å². The molecule has 0 aromatic heterocycles. The van der Waals surface area contributed by atoms with Crippen LogP contribution in [-0.4, -0.2) is 18.3 Å². The van der Waals surface area contributed by atoms with Gasteiger partial charge >= 0.3 is 18.3 Å². The van der Waals surface area contributed by atoms with E-state index >= 15 is 0 Å². The molecule has 1 aromatic rings. The van der Waals surface area contributed by atoms with Crippen LogP contribution in [0.15, 0.2) is 18.2 Å². The van der Waals surface area contributed by atoms with Crippen molar-refractivity contribution in [3.63, 3.8) is 0 Å². The van der Waals surface area contributed by atoms with Crippen LogP contribution < -0.4 is 11.1 Å². The third-order valence-corrected chi connectivity index (χ3v) is 2.17. The van der Waals surface area contributed by atoms with Gasteiger partial charge in [0.05, 0.1) is 10.7 Å². The number of rotatable bonds is 3. The minimum atomic E-state index is -4.76. The number of nitrogen functional groups attached to an aromatic ring is 1. The molecule has 0 saturated carbocycles. The monoisotopic (exact) mass is 270 g/mol. The van der Waals surface area contributed by atoms with Gasteiger partial charge in [0.25, 0.3) is 0 Å². The Balaban J connectivity index is 2.85. The zero-order chi connectivity index (χ0) is 13.2. The van der Waals surface area contributed by atoms with Gasteiger partial charge in [-0.3, -0.25) is 4.79 Å². The topological polar surface area (TPSA) is 55.1 Å². The number of nitrogens with two attached hydrogens (primary N) is 1. The van der Waals surface area contributed by atoms with E-state index in [0.717, 1.165) is 12.1 Å². The van der Waals surface area contributed by atoms with Gasteiger partial charge in [0.15, 0.2) is 0 Å². The molecule has 3 nitrogen and oxygen atoms in total. The maximum absolute atomic E-state index is 12.6. The van der Waals surface area contributed by atoms with Gasteiger partial charge in [0.2, 0.25) is 0 Å². The molecule has 0 atom stereocenters. The van der Waals surface area contributed by atoms with Crippen molar-refractivity contribution in [1.82, 2.24) is 0 Å². The lowest BCUT2D eigenvalue weighted by Gasteiger charge is -2.15. The van der Waals surface area contributed by atoms with E-state index in [-0.39, 0.29) is 16.4 Å². The molecule has 0 heterocycles. The third kappa shape index (κ3) is 3.00. The molecule has 3 N–H and O–H groups in total. The van der Waals surface area contributed by atoms with Crippen LogP contribution in [0, 0.1) is 0 Å². The summed E-state index contributed by atoms with van der Waals surface area (Å²) >= 11 is 5.55. The van der Waals surface area contributed by atoms with E-state index in [1.165, 1.54) is 6.07 Å². The van der Waals surface area contributed by atoms with E-state index in [0.29, 0.717) is 0 Å². The zero-order valence-electron chi connectivity index (χ0n) is 8.18. The lowest BCUT2D eigenvalue weighted by Crippen LogP contribution is -2.40. The highest BCUT2D eigenvalue weighted by Crippen LogP contribution is 2.27. The minimum Gasteiger partial charge on any atom is -0.397 e. The average Bonchev–Trinajstić information content (AvgIpc) is 2.23. The highest BCUT2D eigenvalue weighted by atomic mass is 35.5. The average molecular weight is 271 g/mol. The lowest BCUT2D eigenvalue weighted by molar-refractivity contribution is -0.163. The van der Waals surface area contributed by atoms with Crippen molar-refractivity contribution < 1.29 is 22.4 Å². The molecule has 1 amide bonds. The van der Waals surface area contributed by atoms with E-state index in [1.807, 2.05) is 0 Å². The Morgan fingerprint density at radius 3 is 2.47 bits per heavy atom. The summed E-state index contributed by atoms with van der Waals surface area (Å²) in [4.78, 5) is 10.9. The summed E-state index contributed by atoms with van der Waals surface area (Å²) in [6.45, 7) is 0. The van der Waals surface area contributed by atoms with Crippen LogP contribution >= 0.6 is 11.6 Å². The van der Waals surface area contributed by atoms with Crippen LogP contribution in [-0.2, 0) is 4.79 Å². The molecule has 1 aromatic carbocycles. The first-order valence-corrected chi connectivity index (χ1v) is 4.65. The van der Waals surface area contributed by atoms with Crippen molar-refractivity contribution in [2.45, 2.75) is 12.3 Å². The number of halogens is 5. The number of hydrogen-bond donors (Lipinski definition) is 2. The first-order chi connectivity index (χ1) is 7.75. The van der Waals surface area contributed by atoms with Crippen LogP contribution in [0.2, 0.25) is 5.02 Å². The fourth-order valence-corrected chi connectivity index (χ4v) is 1.05. The SMILES string of the molecule is Nc1cc(NC(=O)C(F)(F)C(F)F)ccc1Cl. The molecule has 0 radical (unpaired) electrons. The number of amides is 1. The van der Waals surface area contributed by atoms with E-state index in [9.17, 15) is 22.4 Å². The summed E-state index contributed by atoms with van der Waals surface area (Å²) in [5.41, 5.74) is 5.24. The van der Waals surface area contributed by atoms with Gasteiger partial charge in [0, 0.05) is 5.69 Å². The Labute approximate surface area is 98.5 Å². The number of carbonyl (C=O) groups excluding carboxylic acids is 1. The van der Waals surface area contributed by atoms with Crippen molar-refractivity contribution in [2.75, 3.05) is 11.1 Å². The van der Waals surface area contributed by atoms with E-state index in [4.69, 9.17) is 17.3 Å². The standard InChI is InChI=1S/C9H7ClF4N2O/c10-5-2-1-4(3-6(5)15)16-8(17)9(13,14)7(11)12/h1-3,7H,15H2,(H,16,17). The Morgan fingerprint density at radius 1 is 1.41 bits per heavy atom. The van der Waals surface area contributed by atoms with Gasteiger partial charge in [0.1, 0.15) is 0 Å². The maximum atomic E-state index is 12.6. The molecule has 0 unspecified atom stereocenters. The molecule has 8 heteroatoms. The molecule has 0 saturated heterocycles. The lowest BCUT2D eigenvalue weighted by atomic mass is 10.2.